The minimum atomic E-state index is -3.34. The molecule has 1 aromatic carbocycles. The highest BCUT2D eigenvalue weighted by Gasteiger charge is 2.25. The van der Waals surface area contributed by atoms with Crippen molar-refractivity contribution in [2.45, 2.75) is 38.6 Å². The summed E-state index contributed by atoms with van der Waals surface area (Å²) in [6, 6.07) is 6.34. The third-order valence-corrected chi connectivity index (χ3v) is 4.88. The van der Waals surface area contributed by atoms with E-state index in [1.165, 1.54) is 0 Å². The molecule has 0 unspecified atom stereocenters. The van der Waals surface area contributed by atoms with E-state index >= 15 is 0 Å². The van der Waals surface area contributed by atoms with Crippen molar-refractivity contribution in [2.24, 2.45) is 0 Å². The van der Waals surface area contributed by atoms with Gasteiger partial charge in [-0.05, 0) is 43.5 Å². The molecule has 27 heavy (non-hydrogen) atoms. The van der Waals surface area contributed by atoms with Crippen molar-refractivity contribution in [1.82, 2.24) is 10.2 Å². The van der Waals surface area contributed by atoms with Gasteiger partial charge in [-0.2, -0.15) is 0 Å². The SMILES string of the molecule is CCCCOC(=O)NC1CCN(C(=O)c2ccc(NS(C)(=O)=O)cc2)CC1. The predicted octanol–water partition coefficient (Wildman–Crippen LogP) is 2.19. The van der Waals surface area contributed by atoms with E-state index in [0.29, 0.717) is 43.8 Å². The van der Waals surface area contributed by atoms with Crippen molar-refractivity contribution in [3.05, 3.63) is 29.8 Å². The van der Waals surface area contributed by atoms with Gasteiger partial charge in [0.05, 0.1) is 12.9 Å². The second-order valence-corrected chi connectivity index (χ2v) is 8.40. The Labute approximate surface area is 160 Å². The van der Waals surface area contributed by atoms with E-state index in [1.54, 1.807) is 29.2 Å². The van der Waals surface area contributed by atoms with E-state index in [1.807, 2.05) is 6.92 Å². The average molecular weight is 397 g/mol. The molecule has 150 valence electrons. The monoisotopic (exact) mass is 397 g/mol. The molecular formula is C18H27N3O5S. The number of carbonyl (C=O) groups excluding carboxylic acids is 2. The van der Waals surface area contributed by atoms with E-state index < -0.39 is 16.1 Å². The number of ether oxygens (including phenoxy) is 1. The predicted molar refractivity (Wildman–Crippen MR) is 103 cm³/mol. The van der Waals surface area contributed by atoms with E-state index in [9.17, 15) is 18.0 Å². The number of unbranched alkanes of at least 4 members (excludes halogenated alkanes) is 1. The molecule has 2 rings (SSSR count). The molecule has 0 aromatic heterocycles. The molecule has 1 heterocycles. The first kappa shape index (κ1) is 21.0. The van der Waals surface area contributed by atoms with Crippen LogP contribution in [0.25, 0.3) is 0 Å². The highest BCUT2D eigenvalue weighted by molar-refractivity contribution is 7.92. The molecule has 1 fully saturated rings. The fourth-order valence-electron chi connectivity index (χ4n) is 2.82. The van der Waals surface area contributed by atoms with Crippen LogP contribution in [0.2, 0.25) is 0 Å². The number of likely N-dealkylation sites (tertiary alicyclic amines) is 1. The summed E-state index contributed by atoms with van der Waals surface area (Å²) in [6.07, 6.45) is 3.83. The Morgan fingerprint density at radius 3 is 2.37 bits per heavy atom. The summed E-state index contributed by atoms with van der Waals surface area (Å²) in [5, 5.41) is 2.84. The number of piperidine rings is 1. The molecule has 8 nitrogen and oxygen atoms in total. The quantitative estimate of drug-likeness (QED) is 0.686. The van der Waals surface area contributed by atoms with Gasteiger partial charge in [0.25, 0.3) is 5.91 Å². The Balaban J connectivity index is 1.81. The number of nitrogens with one attached hydrogen (secondary N) is 2. The van der Waals surface area contributed by atoms with Crippen LogP contribution in [0.3, 0.4) is 0 Å². The van der Waals surface area contributed by atoms with Crippen LogP contribution >= 0.6 is 0 Å². The van der Waals surface area contributed by atoms with Crippen molar-refractivity contribution < 1.29 is 22.7 Å². The molecular weight excluding hydrogens is 370 g/mol. The van der Waals surface area contributed by atoms with Gasteiger partial charge in [-0.1, -0.05) is 13.3 Å². The van der Waals surface area contributed by atoms with Gasteiger partial charge in [0.1, 0.15) is 0 Å². The Morgan fingerprint density at radius 2 is 1.81 bits per heavy atom. The molecule has 0 radical (unpaired) electrons. The number of anilines is 1. The van der Waals surface area contributed by atoms with Gasteiger partial charge in [0, 0.05) is 30.4 Å². The molecule has 2 N–H and O–H groups in total. The number of alkyl carbamates (subject to hydrolysis) is 1. The smallest absolute Gasteiger partial charge is 0.407 e. The van der Waals surface area contributed by atoms with Gasteiger partial charge in [-0.15, -0.1) is 0 Å². The second kappa shape index (κ2) is 9.59. The third kappa shape index (κ3) is 7.09. The molecule has 1 aliphatic heterocycles. The van der Waals surface area contributed by atoms with Crippen LogP contribution < -0.4 is 10.0 Å². The number of nitrogens with zero attached hydrogens (tertiary/aromatic N) is 1. The summed E-state index contributed by atoms with van der Waals surface area (Å²) >= 11 is 0. The summed E-state index contributed by atoms with van der Waals surface area (Å²) in [7, 11) is -3.34. The summed E-state index contributed by atoms with van der Waals surface area (Å²) in [5.41, 5.74) is 0.915. The molecule has 1 aromatic rings. The largest absolute Gasteiger partial charge is 0.450 e. The topological polar surface area (TPSA) is 105 Å². The van der Waals surface area contributed by atoms with Crippen molar-refractivity contribution in [2.75, 3.05) is 30.7 Å². The molecule has 2 amide bonds. The number of benzene rings is 1. The van der Waals surface area contributed by atoms with Crippen molar-refractivity contribution in [3.63, 3.8) is 0 Å². The lowest BCUT2D eigenvalue weighted by atomic mass is 10.0. The second-order valence-electron chi connectivity index (χ2n) is 6.65. The fourth-order valence-corrected chi connectivity index (χ4v) is 3.39. The summed E-state index contributed by atoms with van der Waals surface area (Å²) in [5.74, 6) is -0.107. The standard InChI is InChI=1S/C18H27N3O5S/c1-3-4-13-26-18(23)19-15-9-11-21(12-10-15)17(22)14-5-7-16(8-6-14)20-27(2,24)25/h5-8,15,20H,3-4,9-13H2,1-2H3,(H,19,23). The van der Waals surface area contributed by atoms with Crippen molar-refractivity contribution in [3.8, 4) is 0 Å². The van der Waals surface area contributed by atoms with Crippen LogP contribution in [-0.2, 0) is 14.8 Å². The van der Waals surface area contributed by atoms with Crippen LogP contribution in [0.5, 0.6) is 0 Å². The van der Waals surface area contributed by atoms with Gasteiger partial charge in [0.2, 0.25) is 10.0 Å². The first-order chi connectivity index (χ1) is 12.8. The summed E-state index contributed by atoms with van der Waals surface area (Å²) in [4.78, 5) is 26.0. The van der Waals surface area contributed by atoms with Crippen LogP contribution in [0.4, 0.5) is 10.5 Å². The van der Waals surface area contributed by atoms with Gasteiger partial charge in [-0.25, -0.2) is 13.2 Å². The van der Waals surface area contributed by atoms with E-state index in [2.05, 4.69) is 10.0 Å². The Morgan fingerprint density at radius 1 is 1.19 bits per heavy atom. The van der Waals surface area contributed by atoms with Gasteiger partial charge < -0.3 is 15.0 Å². The average Bonchev–Trinajstić information content (AvgIpc) is 2.61. The maximum absolute atomic E-state index is 12.6. The first-order valence-corrected chi connectivity index (χ1v) is 11.0. The summed E-state index contributed by atoms with van der Waals surface area (Å²) in [6.45, 7) is 3.54. The van der Waals surface area contributed by atoms with Crippen LogP contribution in [0.1, 0.15) is 43.0 Å². The first-order valence-electron chi connectivity index (χ1n) is 9.09. The zero-order valence-corrected chi connectivity index (χ0v) is 16.5. The van der Waals surface area contributed by atoms with E-state index in [4.69, 9.17) is 4.74 Å². The zero-order chi connectivity index (χ0) is 19.9. The van der Waals surface area contributed by atoms with Crippen LogP contribution in [-0.4, -0.2) is 57.3 Å². The maximum Gasteiger partial charge on any atom is 0.407 e. The maximum atomic E-state index is 12.6. The third-order valence-electron chi connectivity index (χ3n) is 4.27. The number of sulfonamides is 1. The highest BCUT2D eigenvalue weighted by Crippen LogP contribution is 2.16. The van der Waals surface area contributed by atoms with Gasteiger partial charge in [0.15, 0.2) is 0 Å². The molecule has 1 saturated heterocycles. The molecule has 0 bridgehead atoms. The minimum Gasteiger partial charge on any atom is -0.450 e. The number of hydrogen-bond donors (Lipinski definition) is 2. The van der Waals surface area contributed by atoms with Crippen molar-refractivity contribution in [1.29, 1.82) is 0 Å². The van der Waals surface area contributed by atoms with Gasteiger partial charge >= 0.3 is 6.09 Å². The van der Waals surface area contributed by atoms with Gasteiger partial charge in [-0.3, -0.25) is 9.52 Å². The highest BCUT2D eigenvalue weighted by atomic mass is 32.2. The normalized spacial score (nSPS) is 15.3. The number of rotatable bonds is 7. The molecule has 9 heteroatoms. The lowest BCUT2D eigenvalue weighted by molar-refractivity contribution is 0.0702. The zero-order valence-electron chi connectivity index (χ0n) is 15.7. The number of amides is 2. The molecule has 0 atom stereocenters. The molecule has 0 spiro atoms. The lowest BCUT2D eigenvalue weighted by Gasteiger charge is -2.32. The molecule has 1 aliphatic rings. The van der Waals surface area contributed by atoms with E-state index in [-0.39, 0.29) is 11.9 Å². The number of hydrogen-bond acceptors (Lipinski definition) is 5. The number of carbonyl (C=O) groups is 2. The van der Waals surface area contributed by atoms with Crippen molar-refractivity contribution >= 4 is 27.7 Å². The fraction of sp³-hybridized carbons (Fsp3) is 0.556. The Kier molecular flexibility index (Phi) is 7.46. The van der Waals surface area contributed by atoms with E-state index in [0.717, 1.165) is 19.1 Å². The van der Waals surface area contributed by atoms with Crippen LogP contribution in [0.15, 0.2) is 24.3 Å². The van der Waals surface area contributed by atoms with Crippen LogP contribution in [0, 0.1) is 0 Å². The summed E-state index contributed by atoms with van der Waals surface area (Å²) < 4.78 is 29.9. The lowest BCUT2D eigenvalue weighted by Crippen LogP contribution is -2.46. The Hall–Kier alpha value is -2.29. The molecule has 0 saturated carbocycles. The minimum absolute atomic E-state index is 0.00418. The molecule has 0 aliphatic carbocycles. The Bertz CT molecular complexity index is 741.